The van der Waals surface area contributed by atoms with Crippen LogP contribution in [-0.2, 0) is 14.3 Å². The number of likely N-dealkylation sites (tertiary alicyclic amines) is 1. The predicted molar refractivity (Wildman–Crippen MR) is 72.4 cm³/mol. The minimum absolute atomic E-state index is 0.120. The molecular formula is C15H25NO3. The lowest BCUT2D eigenvalue weighted by atomic mass is 9.82. The summed E-state index contributed by atoms with van der Waals surface area (Å²) in [5.41, 5.74) is 0. The van der Waals surface area contributed by atoms with Crippen LogP contribution in [0.5, 0.6) is 0 Å². The monoisotopic (exact) mass is 267 g/mol. The van der Waals surface area contributed by atoms with Gasteiger partial charge in [-0.05, 0) is 44.4 Å². The summed E-state index contributed by atoms with van der Waals surface area (Å²) in [4.78, 5) is 26.0. The lowest BCUT2D eigenvalue weighted by molar-refractivity contribution is -0.150. The molecule has 4 heteroatoms. The summed E-state index contributed by atoms with van der Waals surface area (Å²) in [5, 5.41) is 0. The summed E-state index contributed by atoms with van der Waals surface area (Å²) in [7, 11) is 1.42. The second kappa shape index (κ2) is 6.40. The first-order valence-corrected chi connectivity index (χ1v) is 7.48. The lowest BCUT2D eigenvalue weighted by Crippen LogP contribution is -2.45. The molecule has 1 aliphatic heterocycles. The Morgan fingerprint density at radius 1 is 1.05 bits per heavy atom. The number of rotatable bonds is 2. The normalized spacial score (nSPS) is 31.9. The van der Waals surface area contributed by atoms with Crippen LogP contribution < -0.4 is 0 Å². The Bertz CT molecular complexity index is 334. The second-order valence-corrected chi connectivity index (χ2v) is 6.10. The van der Waals surface area contributed by atoms with Crippen LogP contribution in [0.15, 0.2) is 0 Å². The minimum atomic E-state index is -0.172. The van der Waals surface area contributed by atoms with E-state index in [9.17, 15) is 9.59 Å². The summed E-state index contributed by atoms with van der Waals surface area (Å²) in [6.45, 7) is 3.62. The first-order valence-electron chi connectivity index (χ1n) is 7.48. The number of carbonyl (C=O) groups excluding carboxylic acids is 2. The first-order chi connectivity index (χ1) is 9.11. The van der Waals surface area contributed by atoms with E-state index in [4.69, 9.17) is 4.74 Å². The molecule has 1 amide bonds. The van der Waals surface area contributed by atoms with Gasteiger partial charge in [-0.3, -0.25) is 9.59 Å². The molecule has 0 N–H and O–H groups in total. The molecule has 0 aromatic carbocycles. The van der Waals surface area contributed by atoms with Crippen molar-refractivity contribution < 1.29 is 14.3 Å². The molecular weight excluding hydrogens is 242 g/mol. The van der Waals surface area contributed by atoms with E-state index < -0.39 is 0 Å². The van der Waals surface area contributed by atoms with Gasteiger partial charge in [-0.15, -0.1) is 0 Å². The van der Waals surface area contributed by atoms with Gasteiger partial charge in [0.25, 0.3) is 0 Å². The Morgan fingerprint density at radius 2 is 1.74 bits per heavy atom. The topological polar surface area (TPSA) is 46.6 Å². The highest BCUT2D eigenvalue weighted by Gasteiger charge is 2.33. The molecule has 0 radical (unpaired) electrons. The second-order valence-electron chi connectivity index (χ2n) is 6.10. The highest BCUT2D eigenvalue weighted by atomic mass is 16.5. The van der Waals surface area contributed by atoms with Gasteiger partial charge in [0.2, 0.25) is 5.91 Å². The maximum absolute atomic E-state index is 12.5. The van der Waals surface area contributed by atoms with Gasteiger partial charge in [-0.2, -0.15) is 0 Å². The number of amides is 1. The van der Waals surface area contributed by atoms with E-state index in [0.717, 1.165) is 51.0 Å². The number of carbonyl (C=O) groups is 2. The molecule has 2 aliphatic rings. The van der Waals surface area contributed by atoms with Crippen molar-refractivity contribution in [2.24, 2.45) is 17.8 Å². The Morgan fingerprint density at radius 3 is 2.37 bits per heavy atom. The van der Waals surface area contributed by atoms with Crippen molar-refractivity contribution in [1.29, 1.82) is 0 Å². The Kier molecular flexibility index (Phi) is 4.83. The van der Waals surface area contributed by atoms with E-state index in [1.54, 1.807) is 0 Å². The lowest BCUT2D eigenvalue weighted by Gasteiger charge is -2.35. The highest BCUT2D eigenvalue weighted by Crippen LogP contribution is 2.30. The standard InChI is InChI=1S/C15H25NO3/c1-11-5-7-12(8-6-11)14(17)16-9-3-4-13(10-16)15(18)19-2/h11-13H,3-10H2,1-2H3/t11?,12?,13-/m0/s1. The number of hydrogen-bond donors (Lipinski definition) is 0. The van der Waals surface area contributed by atoms with Crippen molar-refractivity contribution in [3.05, 3.63) is 0 Å². The van der Waals surface area contributed by atoms with Crippen molar-refractivity contribution in [1.82, 2.24) is 4.90 Å². The van der Waals surface area contributed by atoms with Crippen LogP contribution in [0.25, 0.3) is 0 Å². The van der Waals surface area contributed by atoms with Gasteiger partial charge in [-0.1, -0.05) is 6.92 Å². The fourth-order valence-electron chi connectivity index (χ4n) is 3.30. The van der Waals surface area contributed by atoms with Crippen LogP contribution >= 0.6 is 0 Å². The third kappa shape index (κ3) is 3.48. The molecule has 2 rings (SSSR count). The van der Waals surface area contributed by atoms with Crippen molar-refractivity contribution in [2.45, 2.75) is 45.4 Å². The summed E-state index contributed by atoms with van der Waals surface area (Å²) in [5.74, 6) is 0.918. The highest BCUT2D eigenvalue weighted by molar-refractivity contribution is 5.80. The average Bonchev–Trinajstić information content (AvgIpc) is 2.46. The number of piperidine rings is 1. The Hall–Kier alpha value is -1.06. The number of esters is 1. The molecule has 0 bridgehead atoms. The molecule has 1 saturated heterocycles. The van der Waals surface area contributed by atoms with E-state index in [2.05, 4.69) is 6.92 Å². The third-order valence-corrected chi connectivity index (χ3v) is 4.63. The van der Waals surface area contributed by atoms with E-state index in [0.29, 0.717) is 6.54 Å². The fraction of sp³-hybridized carbons (Fsp3) is 0.867. The summed E-state index contributed by atoms with van der Waals surface area (Å²) < 4.78 is 4.80. The van der Waals surface area contributed by atoms with Gasteiger partial charge < -0.3 is 9.64 Å². The number of methoxy groups -OCH3 is 1. The van der Waals surface area contributed by atoms with Crippen LogP contribution in [0.4, 0.5) is 0 Å². The van der Waals surface area contributed by atoms with Crippen LogP contribution in [0, 0.1) is 17.8 Å². The molecule has 0 aromatic rings. The van der Waals surface area contributed by atoms with Gasteiger partial charge in [0.15, 0.2) is 0 Å². The van der Waals surface area contributed by atoms with Crippen molar-refractivity contribution in [3.8, 4) is 0 Å². The van der Waals surface area contributed by atoms with Gasteiger partial charge in [0.05, 0.1) is 13.0 Å². The largest absolute Gasteiger partial charge is 0.469 e. The quantitative estimate of drug-likeness (QED) is 0.721. The molecule has 2 fully saturated rings. The molecule has 0 unspecified atom stereocenters. The molecule has 1 saturated carbocycles. The van der Waals surface area contributed by atoms with E-state index in [1.807, 2.05) is 4.90 Å². The Labute approximate surface area is 115 Å². The molecule has 1 aliphatic carbocycles. The smallest absolute Gasteiger partial charge is 0.310 e. The van der Waals surface area contributed by atoms with Gasteiger partial charge >= 0.3 is 5.97 Å². The van der Waals surface area contributed by atoms with Crippen LogP contribution in [0.1, 0.15) is 45.4 Å². The molecule has 0 aromatic heterocycles. The number of ether oxygens (including phenoxy) is 1. The zero-order valence-corrected chi connectivity index (χ0v) is 12.1. The number of hydrogen-bond acceptors (Lipinski definition) is 3. The third-order valence-electron chi connectivity index (χ3n) is 4.63. The Balaban J connectivity index is 1.90. The first kappa shape index (κ1) is 14.4. The average molecular weight is 267 g/mol. The maximum atomic E-state index is 12.5. The van der Waals surface area contributed by atoms with E-state index in [-0.39, 0.29) is 23.7 Å². The molecule has 0 spiro atoms. The molecule has 1 heterocycles. The molecule has 4 nitrogen and oxygen atoms in total. The number of nitrogens with zero attached hydrogens (tertiary/aromatic N) is 1. The summed E-state index contributed by atoms with van der Waals surface area (Å²) in [6.07, 6.45) is 6.10. The van der Waals surface area contributed by atoms with Crippen LogP contribution in [-0.4, -0.2) is 37.0 Å². The van der Waals surface area contributed by atoms with E-state index >= 15 is 0 Å². The van der Waals surface area contributed by atoms with Crippen LogP contribution in [0.3, 0.4) is 0 Å². The van der Waals surface area contributed by atoms with Gasteiger partial charge in [0, 0.05) is 19.0 Å². The summed E-state index contributed by atoms with van der Waals surface area (Å²) in [6, 6.07) is 0. The SMILES string of the molecule is COC(=O)[C@H]1CCCN(C(=O)C2CCC(C)CC2)C1. The van der Waals surface area contributed by atoms with Crippen molar-refractivity contribution >= 4 is 11.9 Å². The van der Waals surface area contributed by atoms with Gasteiger partial charge in [-0.25, -0.2) is 0 Å². The molecule has 108 valence electrons. The predicted octanol–water partition coefficient (Wildman–Crippen LogP) is 2.22. The zero-order valence-electron chi connectivity index (χ0n) is 12.1. The van der Waals surface area contributed by atoms with Gasteiger partial charge in [0.1, 0.15) is 0 Å². The minimum Gasteiger partial charge on any atom is -0.469 e. The summed E-state index contributed by atoms with van der Waals surface area (Å²) >= 11 is 0. The maximum Gasteiger partial charge on any atom is 0.310 e. The van der Waals surface area contributed by atoms with Crippen molar-refractivity contribution in [3.63, 3.8) is 0 Å². The molecule has 19 heavy (non-hydrogen) atoms. The zero-order chi connectivity index (χ0) is 13.8. The fourth-order valence-corrected chi connectivity index (χ4v) is 3.30. The van der Waals surface area contributed by atoms with E-state index in [1.165, 1.54) is 7.11 Å². The molecule has 1 atom stereocenters. The van der Waals surface area contributed by atoms with Crippen LogP contribution in [0.2, 0.25) is 0 Å². The van der Waals surface area contributed by atoms with Crippen molar-refractivity contribution in [2.75, 3.05) is 20.2 Å².